The molecule has 5 aromatic rings. The third-order valence-corrected chi connectivity index (χ3v) is 12.9. The van der Waals surface area contributed by atoms with Gasteiger partial charge in [-0.1, -0.05) is 51.5 Å². The van der Waals surface area contributed by atoms with Crippen molar-refractivity contribution >= 4 is 26.7 Å². The molecule has 52 heavy (non-hydrogen) atoms. The molecule has 2 N–H and O–H groups in total. The number of aliphatic carboxylic acids is 1. The fourth-order valence-electron chi connectivity index (χ4n) is 7.79. The number of nitrogens with zero attached hydrogens (tertiary/aromatic N) is 4. The Balaban J connectivity index is 1.52. The lowest BCUT2D eigenvalue weighted by Gasteiger charge is -2.31. The van der Waals surface area contributed by atoms with Crippen LogP contribution in [0.25, 0.3) is 22.4 Å². The number of aromatic amines is 1. The average molecular weight is 732 g/mol. The first kappa shape index (κ1) is 37.3. The lowest BCUT2D eigenvalue weighted by molar-refractivity contribution is -0.146. The van der Waals surface area contributed by atoms with E-state index in [1.807, 2.05) is 38.1 Å². The quantitative estimate of drug-likeness (QED) is 0.192. The van der Waals surface area contributed by atoms with Gasteiger partial charge in [-0.2, -0.15) is 5.10 Å². The van der Waals surface area contributed by atoms with Gasteiger partial charge in [0.25, 0.3) is 0 Å². The van der Waals surface area contributed by atoms with Crippen molar-refractivity contribution in [3.05, 3.63) is 100 Å². The van der Waals surface area contributed by atoms with Crippen LogP contribution in [0.1, 0.15) is 100 Å². The lowest BCUT2D eigenvalue weighted by atomic mass is 9.74. The minimum atomic E-state index is -3.62. The summed E-state index contributed by atoms with van der Waals surface area (Å²) in [5, 5.41) is 15.2. The molecule has 1 aliphatic heterocycles. The summed E-state index contributed by atoms with van der Waals surface area (Å²) in [5.74, 6) is -2.78. The molecule has 2 aromatic carbocycles. The molecule has 1 aliphatic rings. The zero-order valence-corrected chi connectivity index (χ0v) is 31.7. The summed E-state index contributed by atoms with van der Waals surface area (Å²) in [7, 11) is -1.83. The fraction of sp³-hybridized carbons (Fsp3) is 0.450. The molecule has 0 radical (unpaired) electrons. The van der Waals surface area contributed by atoms with Crippen LogP contribution < -0.4 is 0 Å². The number of rotatable bonds is 4. The van der Waals surface area contributed by atoms with E-state index in [1.54, 1.807) is 56.9 Å². The van der Waals surface area contributed by atoms with E-state index in [0.717, 1.165) is 11.1 Å². The zero-order chi connectivity index (χ0) is 37.8. The number of aromatic nitrogens is 5. The Morgan fingerprint density at radius 2 is 1.85 bits per heavy atom. The Kier molecular flexibility index (Phi) is 9.69. The Hall–Kier alpha value is -4.45. The van der Waals surface area contributed by atoms with Gasteiger partial charge in [0.15, 0.2) is 33.1 Å². The highest BCUT2D eigenvalue weighted by Crippen LogP contribution is 2.41. The van der Waals surface area contributed by atoms with Crippen molar-refractivity contribution in [2.45, 2.75) is 85.0 Å². The van der Waals surface area contributed by atoms with Gasteiger partial charge in [0, 0.05) is 36.3 Å². The van der Waals surface area contributed by atoms with Gasteiger partial charge in [-0.15, -0.1) is 0 Å². The average Bonchev–Trinajstić information content (AvgIpc) is 3.72. The van der Waals surface area contributed by atoms with E-state index < -0.39 is 49.6 Å². The maximum Gasteiger partial charge on any atom is 0.309 e. The number of H-pyrrole nitrogens is 1. The maximum atomic E-state index is 16.1. The summed E-state index contributed by atoms with van der Waals surface area (Å²) in [4.78, 5) is 24.4. The number of halogens is 2. The van der Waals surface area contributed by atoms with E-state index in [0.29, 0.717) is 59.5 Å². The molecule has 0 amide bonds. The number of hydrogen-bond donors (Lipinski definition) is 2. The number of aryl methyl sites for hydroxylation is 2. The zero-order valence-electron chi connectivity index (χ0n) is 30.8. The lowest BCUT2D eigenvalue weighted by Crippen LogP contribution is -2.30. The SMILES string of the molecule is CC1c2ccnc(c2)-c2nc(nn2C)[C@@](C)(c2cccc(CC(C)(C)C(=O)O)c2)CCCC(C)(C)CS(=O)(=O)CCc2c1c(F)c(F)c1[nH]ccc21. The van der Waals surface area contributed by atoms with Crippen molar-refractivity contribution in [2.24, 2.45) is 17.9 Å². The summed E-state index contributed by atoms with van der Waals surface area (Å²) in [6.45, 7) is 11.1. The van der Waals surface area contributed by atoms with E-state index >= 15 is 8.78 Å². The van der Waals surface area contributed by atoms with Crippen molar-refractivity contribution < 1.29 is 27.1 Å². The first-order valence-corrected chi connectivity index (χ1v) is 19.5. The predicted molar refractivity (Wildman–Crippen MR) is 198 cm³/mol. The monoisotopic (exact) mass is 731 g/mol. The second-order valence-electron chi connectivity index (χ2n) is 16.1. The second-order valence-corrected chi connectivity index (χ2v) is 18.3. The third kappa shape index (κ3) is 7.14. The normalized spacial score (nSPS) is 20.9. The molecule has 12 heteroatoms. The van der Waals surface area contributed by atoms with Crippen LogP contribution in [0.5, 0.6) is 0 Å². The summed E-state index contributed by atoms with van der Waals surface area (Å²) in [6, 6.07) is 13.1. The minimum absolute atomic E-state index is 0.0181. The van der Waals surface area contributed by atoms with E-state index in [2.05, 4.69) is 16.9 Å². The van der Waals surface area contributed by atoms with Gasteiger partial charge in [-0.25, -0.2) is 26.9 Å². The number of sulfone groups is 1. The topological polar surface area (TPSA) is 131 Å². The highest BCUT2D eigenvalue weighted by Gasteiger charge is 2.37. The number of carbonyl (C=O) groups is 1. The molecule has 0 aliphatic carbocycles. The molecular weight excluding hydrogens is 685 g/mol. The van der Waals surface area contributed by atoms with Gasteiger partial charge in [0.05, 0.1) is 27.9 Å². The van der Waals surface area contributed by atoms with Crippen molar-refractivity contribution in [1.82, 2.24) is 24.7 Å². The standard InChI is InChI=1S/C40H47F2N5O4S/c1-24-26-12-17-43-30(21-26)35-45-36(46-47(35)7)40(6,27-11-8-10-25(20-27)22-39(4,5)37(48)49)16-9-15-38(2,3)23-52(50,51)19-14-28-29-13-18-44-34(29)33(42)32(41)31(24)28/h8,10-13,17-18,20-21,24,44H,9,14-16,19,22-23H2,1-7H3,(H,48,49)/t24?,40-/m1/s1. The molecule has 0 saturated heterocycles. The van der Waals surface area contributed by atoms with E-state index in [-0.39, 0.29) is 29.0 Å². The maximum absolute atomic E-state index is 16.1. The van der Waals surface area contributed by atoms with Gasteiger partial charge >= 0.3 is 5.97 Å². The first-order chi connectivity index (χ1) is 24.3. The number of carboxylic acids is 1. The van der Waals surface area contributed by atoms with Crippen molar-refractivity contribution in [1.29, 1.82) is 0 Å². The summed E-state index contributed by atoms with van der Waals surface area (Å²) in [6.07, 6.45) is 5.35. The van der Waals surface area contributed by atoms with Crippen LogP contribution >= 0.6 is 0 Å². The van der Waals surface area contributed by atoms with Gasteiger partial charge in [0.1, 0.15) is 5.69 Å². The van der Waals surface area contributed by atoms with E-state index in [1.165, 1.54) is 6.20 Å². The molecule has 3 aromatic heterocycles. The Morgan fingerprint density at radius 3 is 2.58 bits per heavy atom. The van der Waals surface area contributed by atoms with E-state index in [9.17, 15) is 18.3 Å². The molecule has 1 unspecified atom stereocenters. The summed E-state index contributed by atoms with van der Waals surface area (Å²) >= 11 is 0. The molecular formula is C40H47F2N5O4S. The molecule has 0 fully saturated rings. The number of carboxylic acid groups (broad SMARTS) is 1. The van der Waals surface area contributed by atoms with Crippen LogP contribution in [-0.2, 0) is 39.9 Å². The van der Waals surface area contributed by atoms with Crippen LogP contribution in [0.3, 0.4) is 0 Å². The van der Waals surface area contributed by atoms with Gasteiger partial charge in [0.2, 0.25) is 0 Å². The van der Waals surface area contributed by atoms with Crippen LogP contribution in [0, 0.1) is 22.5 Å². The molecule has 9 nitrogen and oxygen atoms in total. The molecule has 4 heterocycles. The van der Waals surface area contributed by atoms with Crippen LogP contribution in [0.2, 0.25) is 0 Å². The number of hydrogen-bond acceptors (Lipinski definition) is 6. The Bertz CT molecular complexity index is 2280. The van der Waals surface area contributed by atoms with Crippen LogP contribution in [0.4, 0.5) is 8.78 Å². The Morgan fingerprint density at radius 1 is 1.10 bits per heavy atom. The molecule has 0 saturated carbocycles. The molecule has 276 valence electrons. The number of pyridine rings is 1. The van der Waals surface area contributed by atoms with Crippen molar-refractivity contribution in [3.8, 4) is 11.5 Å². The fourth-order valence-corrected chi connectivity index (χ4v) is 9.78. The van der Waals surface area contributed by atoms with Gasteiger partial charge in [-0.05, 0) is 92.3 Å². The van der Waals surface area contributed by atoms with Gasteiger partial charge in [-0.3, -0.25) is 9.78 Å². The van der Waals surface area contributed by atoms with E-state index in [4.69, 9.17) is 10.1 Å². The minimum Gasteiger partial charge on any atom is -0.481 e. The molecule has 6 rings (SSSR count). The third-order valence-electron chi connectivity index (χ3n) is 10.8. The summed E-state index contributed by atoms with van der Waals surface area (Å²) < 4.78 is 60.8. The number of nitrogens with one attached hydrogen (secondary N) is 1. The first-order valence-electron chi connectivity index (χ1n) is 17.7. The second kappa shape index (κ2) is 13.5. The molecule has 0 spiro atoms. The molecule has 4 bridgehead atoms. The number of benzene rings is 2. The Labute approximate surface area is 303 Å². The van der Waals surface area contributed by atoms with Crippen LogP contribution in [-0.4, -0.2) is 55.7 Å². The van der Waals surface area contributed by atoms with Crippen molar-refractivity contribution in [2.75, 3.05) is 11.5 Å². The molecule has 2 atom stereocenters. The number of fused-ring (bicyclic) bond motifs is 8. The van der Waals surface area contributed by atoms with Gasteiger partial charge < -0.3 is 10.1 Å². The summed E-state index contributed by atoms with van der Waals surface area (Å²) in [5.41, 5.74) is 1.27. The largest absolute Gasteiger partial charge is 0.481 e. The predicted octanol–water partition coefficient (Wildman–Crippen LogP) is 7.92. The highest BCUT2D eigenvalue weighted by atomic mass is 32.2. The smallest absolute Gasteiger partial charge is 0.309 e. The van der Waals surface area contributed by atoms with Crippen LogP contribution in [0.15, 0.2) is 54.9 Å². The van der Waals surface area contributed by atoms with Crippen molar-refractivity contribution in [3.63, 3.8) is 0 Å². The highest BCUT2D eigenvalue weighted by molar-refractivity contribution is 7.91.